The molecule has 0 aromatic carbocycles. The first kappa shape index (κ1) is 11.1. The molecule has 88 valence electrons. The van der Waals surface area contributed by atoms with E-state index in [1.54, 1.807) is 0 Å². The average molecular weight is 232 g/mol. The number of halogens is 3. The van der Waals surface area contributed by atoms with Gasteiger partial charge in [0.1, 0.15) is 5.82 Å². The zero-order chi connectivity index (χ0) is 11.6. The van der Waals surface area contributed by atoms with Crippen LogP contribution in [0.25, 0.3) is 0 Å². The van der Waals surface area contributed by atoms with Gasteiger partial charge in [-0.1, -0.05) is 0 Å². The van der Waals surface area contributed by atoms with Crippen LogP contribution in [-0.2, 0) is 6.18 Å². The molecule has 1 saturated heterocycles. The molecule has 0 saturated carbocycles. The Labute approximate surface area is 90.3 Å². The van der Waals surface area contributed by atoms with Crippen molar-refractivity contribution in [1.82, 2.24) is 15.3 Å². The molecule has 16 heavy (non-hydrogen) atoms. The van der Waals surface area contributed by atoms with Crippen LogP contribution >= 0.6 is 0 Å². The summed E-state index contributed by atoms with van der Waals surface area (Å²) in [5.74, 6) is 0.377. The highest BCUT2D eigenvalue weighted by Crippen LogP contribution is 2.26. The molecule has 0 bridgehead atoms. The van der Waals surface area contributed by atoms with E-state index >= 15 is 0 Å². The lowest BCUT2D eigenvalue weighted by molar-refractivity contribution is -0.141. The van der Waals surface area contributed by atoms with Crippen molar-refractivity contribution in [1.29, 1.82) is 0 Å². The highest BCUT2D eigenvalue weighted by molar-refractivity contribution is 5.33. The Kier molecular flexibility index (Phi) is 2.95. The normalized spacial score (nSPS) is 21.1. The zero-order valence-electron chi connectivity index (χ0n) is 8.38. The maximum atomic E-state index is 12.2. The second-order valence-electron chi connectivity index (χ2n) is 3.62. The second-order valence-corrected chi connectivity index (χ2v) is 3.62. The van der Waals surface area contributed by atoms with Crippen molar-refractivity contribution in [3.05, 3.63) is 18.1 Å². The van der Waals surface area contributed by atoms with Crippen LogP contribution in [-0.4, -0.2) is 29.1 Å². The fourth-order valence-corrected chi connectivity index (χ4v) is 1.54. The second kappa shape index (κ2) is 4.25. The number of alkyl halides is 3. The Bertz CT molecular complexity index is 343. The van der Waals surface area contributed by atoms with Crippen molar-refractivity contribution in [3.63, 3.8) is 0 Å². The van der Waals surface area contributed by atoms with Gasteiger partial charge >= 0.3 is 6.18 Å². The largest absolute Gasteiger partial charge is 0.434 e. The molecule has 1 aliphatic heterocycles. The van der Waals surface area contributed by atoms with E-state index in [1.165, 1.54) is 0 Å². The molecular formula is C9H11F3N4. The van der Waals surface area contributed by atoms with E-state index in [0.29, 0.717) is 5.82 Å². The van der Waals surface area contributed by atoms with Crippen LogP contribution in [0.1, 0.15) is 12.1 Å². The lowest BCUT2D eigenvalue weighted by Gasteiger charge is -2.12. The van der Waals surface area contributed by atoms with Gasteiger partial charge in [-0.25, -0.2) is 9.97 Å². The summed E-state index contributed by atoms with van der Waals surface area (Å²) in [5, 5.41) is 6.15. The van der Waals surface area contributed by atoms with E-state index < -0.39 is 11.9 Å². The Balaban J connectivity index is 2.01. The summed E-state index contributed by atoms with van der Waals surface area (Å²) in [5.41, 5.74) is -0.970. The number of hydrogen-bond acceptors (Lipinski definition) is 4. The number of aromatic nitrogens is 2. The van der Waals surface area contributed by atoms with Gasteiger partial charge in [0.25, 0.3) is 0 Å². The molecule has 0 amide bonds. The number of anilines is 1. The van der Waals surface area contributed by atoms with Crippen molar-refractivity contribution in [2.45, 2.75) is 18.6 Å². The van der Waals surface area contributed by atoms with Crippen LogP contribution in [0.5, 0.6) is 0 Å². The summed E-state index contributed by atoms with van der Waals surface area (Å²) in [6, 6.07) is 0.214. The van der Waals surface area contributed by atoms with Gasteiger partial charge in [-0.05, 0) is 13.0 Å². The summed E-state index contributed by atoms with van der Waals surface area (Å²) >= 11 is 0. The van der Waals surface area contributed by atoms with E-state index in [1.807, 2.05) is 0 Å². The van der Waals surface area contributed by atoms with E-state index in [0.717, 1.165) is 31.9 Å². The first-order valence-electron chi connectivity index (χ1n) is 4.92. The predicted molar refractivity (Wildman–Crippen MR) is 51.9 cm³/mol. The summed E-state index contributed by atoms with van der Waals surface area (Å²) in [7, 11) is 0. The maximum absolute atomic E-state index is 12.2. The molecule has 1 aromatic heterocycles. The van der Waals surface area contributed by atoms with Gasteiger partial charge in [0.15, 0.2) is 5.69 Å². The number of hydrogen-bond donors (Lipinski definition) is 2. The smallest absolute Gasteiger partial charge is 0.365 e. The van der Waals surface area contributed by atoms with Crippen LogP contribution in [0.2, 0.25) is 0 Å². The lowest BCUT2D eigenvalue weighted by atomic mass is 10.2. The molecule has 0 unspecified atom stereocenters. The topological polar surface area (TPSA) is 49.8 Å². The molecule has 1 fully saturated rings. The lowest BCUT2D eigenvalue weighted by Crippen LogP contribution is -2.23. The fraction of sp³-hybridized carbons (Fsp3) is 0.556. The van der Waals surface area contributed by atoms with Gasteiger partial charge in [-0.2, -0.15) is 13.2 Å². The van der Waals surface area contributed by atoms with Gasteiger partial charge in [-0.3, -0.25) is 0 Å². The first-order valence-corrected chi connectivity index (χ1v) is 4.92. The molecule has 0 spiro atoms. The molecule has 1 aliphatic rings. The molecule has 2 rings (SSSR count). The van der Waals surface area contributed by atoms with Crippen molar-refractivity contribution in [2.24, 2.45) is 0 Å². The Morgan fingerprint density at radius 1 is 1.31 bits per heavy atom. The van der Waals surface area contributed by atoms with E-state index in [9.17, 15) is 13.2 Å². The maximum Gasteiger partial charge on any atom is 0.434 e. The Hall–Kier alpha value is -1.37. The minimum Gasteiger partial charge on any atom is -0.365 e. The molecule has 1 atom stereocenters. The molecule has 0 radical (unpaired) electrons. The van der Waals surface area contributed by atoms with Crippen LogP contribution in [0.4, 0.5) is 19.0 Å². The van der Waals surface area contributed by atoms with Crippen molar-refractivity contribution >= 4 is 5.82 Å². The number of nitrogens with zero attached hydrogens (tertiary/aromatic N) is 2. The molecule has 7 heteroatoms. The fourth-order valence-electron chi connectivity index (χ4n) is 1.54. The third-order valence-corrected chi connectivity index (χ3v) is 2.35. The number of rotatable bonds is 2. The third-order valence-electron chi connectivity index (χ3n) is 2.35. The van der Waals surface area contributed by atoms with E-state index in [4.69, 9.17) is 0 Å². The Morgan fingerprint density at radius 2 is 2.12 bits per heavy atom. The van der Waals surface area contributed by atoms with E-state index in [2.05, 4.69) is 20.6 Å². The van der Waals surface area contributed by atoms with Gasteiger partial charge in [-0.15, -0.1) is 0 Å². The molecule has 4 nitrogen and oxygen atoms in total. The summed E-state index contributed by atoms with van der Waals surface area (Å²) in [6.45, 7) is 1.70. The van der Waals surface area contributed by atoms with Gasteiger partial charge in [0.2, 0.25) is 0 Å². The third kappa shape index (κ3) is 2.60. The van der Waals surface area contributed by atoms with Crippen LogP contribution in [0.3, 0.4) is 0 Å². The SMILES string of the molecule is FC(F)(F)c1cnc(N[C@@H]2CCNC2)cn1. The summed E-state index contributed by atoms with van der Waals surface area (Å²) < 4.78 is 36.6. The zero-order valence-corrected chi connectivity index (χ0v) is 8.38. The van der Waals surface area contributed by atoms with Crippen molar-refractivity contribution < 1.29 is 13.2 Å². The highest BCUT2D eigenvalue weighted by Gasteiger charge is 2.32. The monoisotopic (exact) mass is 232 g/mol. The van der Waals surface area contributed by atoms with Crippen molar-refractivity contribution in [3.8, 4) is 0 Å². The van der Waals surface area contributed by atoms with Crippen molar-refractivity contribution in [2.75, 3.05) is 18.4 Å². The quantitative estimate of drug-likeness (QED) is 0.806. The standard InChI is InChI=1S/C9H11F3N4/c10-9(11,12)7-4-15-8(5-14-7)16-6-1-2-13-3-6/h4-6,13H,1-3H2,(H,15,16)/t6-/m1/s1. The summed E-state index contributed by atoms with van der Waals surface area (Å²) in [4.78, 5) is 7.01. The number of nitrogens with one attached hydrogen (secondary N) is 2. The van der Waals surface area contributed by atoms with E-state index in [-0.39, 0.29) is 6.04 Å². The van der Waals surface area contributed by atoms with Gasteiger partial charge in [0, 0.05) is 12.6 Å². The predicted octanol–water partition coefficient (Wildman–Crippen LogP) is 1.27. The van der Waals surface area contributed by atoms with Gasteiger partial charge < -0.3 is 10.6 Å². The highest BCUT2D eigenvalue weighted by atomic mass is 19.4. The van der Waals surface area contributed by atoms with Crippen LogP contribution < -0.4 is 10.6 Å². The van der Waals surface area contributed by atoms with Crippen LogP contribution in [0, 0.1) is 0 Å². The summed E-state index contributed by atoms with van der Waals surface area (Å²) in [6.07, 6.45) is -1.64. The minimum absolute atomic E-state index is 0.214. The molecule has 2 N–H and O–H groups in total. The molecule has 1 aromatic rings. The van der Waals surface area contributed by atoms with Gasteiger partial charge in [0.05, 0.1) is 12.4 Å². The average Bonchev–Trinajstić information content (AvgIpc) is 2.70. The molecular weight excluding hydrogens is 221 g/mol. The van der Waals surface area contributed by atoms with Crippen LogP contribution in [0.15, 0.2) is 12.4 Å². The Morgan fingerprint density at radius 3 is 2.62 bits per heavy atom. The molecule has 2 heterocycles. The minimum atomic E-state index is -4.43. The molecule has 0 aliphatic carbocycles. The first-order chi connectivity index (χ1) is 7.55.